The average molecular weight is 187 g/mol. The van der Waals surface area contributed by atoms with E-state index in [-0.39, 0.29) is 0 Å². The third-order valence-electron chi connectivity index (χ3n) is 1.49. The molecule has 1 aromatic heterocycles. The number of aromatic nitrogens is 2. The van der Waals surface area contributed by atoms with Crippen LogP contribution in [0.2, 0.25) is 10.2 Å². The van der Waals surface area contributed by atoms with Gasteiger partial charge >= 0.3 is 0 Å². The van der Waals surface area contributed by atoms with Crippen molar-refractivity contribution in [3.05, 3.63) is 28.4 Å². The van der Waals surface area contributed by atoms with Crippen molar-refractivity contribution >= 4 is 34.1 Å². The van der Waals surface area contributed by atoms with Crippen LogP contribution in [0.1, 0.15) is 0 Å². The molecule has 1 heterocycles. The van der Waals surface area contributed by atoms with Crippen LogP contribution in [0.5, 0.6) is 0 Å². The van der Waals surface area contributed by atoms with Gasteiger partial charge in [0.05, 0.1) is 15.9 Å². The number of aromatic amines is 1. The van der Waals surface area contributed by atoms with Crippen molar-refractivity contribution in [3.8, 4) is 0 Å². The van der Waals surface area contributed by atoms with Crippen LogP contribution < -0.4 is 0 Å². The summed E-state index contributed by atoms with van der Waals surface area (Å²) in [6.07, 6.45) is 0. The van der Waals surface area contributed by atoms with Crippen molar-refractivity contribution in [1.82, 2.24) is 10.2 Å². The lowest BCUT2D eigenvalue weighted by Gasteiger charge is -1.89. The highest BCUT2D eigenvalue weighted by Gasteiger charge is 2.04. The van der Waals surface area contributed by atoms with Crippen molar-refractivity contribution in [2.24, 2.45) is 0 Å². The number of hydrogen-bond donors (Lipinski definition) is 1. The van der Waals surface area contributed by atoms with Crippen LogP contribution in [-0.2, 0) is 0 Å². The minimum atomic E-state index is 0.491. The van der Waals surface area contributed by atoms with Crippen LogP contribution in [0.25, 0.3) is 10.9 Å². The fourth-order valence-corrected chi connectivity index (χ4v) is 1.54. The molecule has 4 heteroatoms. The maximum absolute atomic E-state index is 5.86. The molecule has 0 aliphatic rings. The van der Waals surface area contributed by atoms with E-state index in [0.29, 0.717) is 10.2 Å². The van der Waals surface area contributed by atoms with E-state index in [1.165, 1.54) is 0 Å². The number of rotatable bonds is 0. The maximum Gasteiger partial charge on any atom is 0.133 e. The summed E-state index contributed by atoms with van der Waals surface area (Å²) in [5, 5.41) is 8.49. The van der Waals surface area contributed by atoms with Crippen LogP contribution in [0.3, 0.4) is 0 Å². The molecular formula is C7H4Cl2N2. The molecule has 1 aromatic carbocycles. The second kappa shape index (κ2) is 2.40. The molecule has 0 unspecified atom stereocenters. The van der Waals surface area contributed by atoms with Gasteiger partial charge in [0.2, 0.25) is 0 Å². The SMILES string of the molecule is Clc1cccc2n[nH]c(Cl)c12. The first-order valence-corrected chi connectivity index (χ1v) is 3.83. The Morgan fingerprint density at radius 2 is 2.09 bits per heavy atom. The molecule has 2 aromatic rings. The Hall–Kier alpha value is -0.730. The van der Waals surface area contributed by atoms with Gasteiger partial charge in [-0.1, -0.05) is 29.3 Å². The average Bonchev–Trinajstić information content (AvgIpc) is 2.34. The Bertz CT molecular complexity index is 394. The predicted octanol–water partition coefficient (Wildman–Crippen LogP) is 2.87. The van der Waals surface area contributed by atoms with Crippen LogP contribution in [0.15, 0.2) is 18.2 Å². The molecule has 56 valence electrons. The fourth-order valence-electron chi connectivity index (χ4n) is 0.988. The Kier molecular flexibility index (Phi) is 1.51. The van der Waals surface area contributed by atoms with Crippen molar-refractivity contribution in [3.63, 3.8) is 0 Å². The lowest BCUT2D eigenvalue weighted by molar-refractivity contribution is 1.12. The summed E-state index contributed by atoms with van der Waals surface area (Å²) in [4.78, 5) is 0. The molecule has 0 spiro atoms. The standard InChI is InChI=1S/C7H4Cl2N2/c8-4-2-1-3-5-6(4)7(9)11-10-5/h1-3H,(H,10,11). The molecule has 0 aliphatic heterocycles. The van der Waals surface area contributed by atoms with E-state index in [9.17, 15) is 0 Å². The lowest BCUT2D eigenvalue weighted by atomic mass is 10.3. The van der Waals surface area contributed by atoms with Gasteiger partial charge in [0, 0.05) is 0 Å². The number of fused-ring (bicyclic) bond motifs is 1. The number of H-pyrrole nitrogens is 1. The van der Waals surface area contributed by atoms with Gasteiger partial charge in [-0.15, -0.1) is 0 Å². The zero-order valence-corrected chi connectivity index (χ0v) is 6.95. The molecular weight excluding hydrogens is 183 g/mol. The van der Waals surface area contributed by atoms with Crippen molar-refractivity contribution in [2.75, 3.05) is 0 Å². The van der Waals surface area contributed by atoms with E-state index in [2.05, 4.69) is 10.2 Å². The number of nitrogens with one attached hydrogen (secondary N) is 1. The number of benzene rings is 1. The van der Waals surface area contributed by atoms with Gasteiger partial charge in [-0.25, -0.2) is 0 Å². The summed E-state index contributed by atoms with van der Waals surface area (Å²) in [5.41, 5.74) is 0.794. The molecule has 0 fully saturated rings. The monoisotopic (exact) mass is 186 g/mol. The Morgan fingerprint density at radius 3 is 2.82 bits per heavy atom. The largest absolute Gasteiger partial charge is 0.266 e. The highest BCUT2D eigenvalue weighted by Crippen LogP contribution is 2.27. The highest BCUT2D eigenvalue weighted by atomic mass is 35.5. The Labute approximate surface area is 73.1 Å². The molecule has 0 bridgehead atoms. The van der Waals surface area contributed by atoms with E-state index in [4.69, 9.17) is 23.2 Å². The molecule has 0 atom stereocenters. The van der Waals surface area contributed by atoms with E-state index >= 15 is 0 Å². The van der Waals surface area contributed by atoms with Crippen LogP contribution in [0.4, 0.5) is 0 Å². The normalized spacial score (nSPS) is 10.7. The maximum atomic E-state index is 5.86. The summed E-state index contributed by atoms with van der Waals surface area (Å²) >= 11 is 11.6. The van der Waals surface area contributed by atoms with Gasteiger partial charge < -0.3 is 0 Å². The third-order valence-corrected chi connectivity index (χ3v) is 2.07. The third kappa shape index (κ3) is 0.988. The van der Waals surface area contributed by atoms with Gasteiger partial charge in [0.1, 0.15) is 5.15 Å². The first-order chi connectivity index (χ1) is 5.29. The molecule has 11 heavy (non-hydrogen) atoms. The number of halogens is 2. The second-order valence-corrected chi connectivity index (χ2v) is 2.96. The molecule has 0 saturated heterocycles. The summed E-state index contributed by atoms with van der Waals surface area (Å²) in [7, 11) is 0. The quantitative estimate of drug-likeness (QED) is 0.674. The Balaban J connectivity index is 2.96. The van der Waals surface area contributed by atoms with Gasteiger partial charge in [0.25, 0.3) is 0 Å². The highest BCUT2D eigenvalue weighted by molar-refractivity contribution is 6.41. The smallest absolute Gasteiger partial charge is 0.133 e. The van der Waals surface area contributed by atoms with Gasteiger partial charge in [-0.2, -0.15) is 5.10 Å². The van der Waals surface area contributed by atoms with Gasteiger partial charge in [-0.3, -0.25) is 5.10 Å². The Morgan fingerprint density at radius 1 is 1.27 bits per heavy atom. The fraction of sp³-hybridized carbons (Fsp3) is 0. The molecule has 2 nitrogen and oxygen atoms in total. The second-order valence-electron chi connectivity index (χ2n) is 2.17. The van der Waals surface area contributed by atoms with E-state index in [1.807, 2.05) is 12.1 Å². The van der Waals surface area contributed by atoms with E-state index < -0.39 is 0 Å². The zero-order chi connectivity index (χ0) is 7.84. The van der Waals surface area contributed by atoms with Crippen LogP contribution >= 0.6 is 23.2 Å². The van der Waals surface area contributed by atoms with Crippen molar-refractivity contribution in [2.45, 2.75) is 0 Å². The summed E-state index contributed by atoms with van der Waals surface area (Å²) in [6.45, 7) is 0. The molecule has 0 amide bonds. The topological polar surface area (TPSA) is 28.7 Å². The van der Waals surface area contributed by atoms with Crippen LogP contribution in [-0.4, -0.2) is 10.2 Å². The molecule has 1 N–H and O–H groups in total. The van der Waals surface area contributed by atoms with Crippen molar-refractivity contribution in [1.29, 1.82) is 0 Å². The molecule has 2 rings (SSSR count). The lowest BCUT2D eigenvalue weighted by Crippen LogP contribution is -1.67. The molecule has 0 radical (unpaired) electrons. The zero-order valence-electron chi connectivity index (χ0n) is 5.44. The first-order valence-electron chi connectivity index (χ1n) is 3.07. The van der Waals surface area contributed by atoms with Crippen molar-refractivity contribution < 1.29 is 0 Å². The molecule has 0 aliphatic carbocycles. The minimum Gasteiger partial charge on any atom is -0.266 e. The van der Waals surface area contributed by atoms with Crippen LogP contribution in [0, 0.1) is 0 Å². The van der Waals surface area contributed by atoms with Gasteiger partial charge in [0.15, 0.2) is 0 Å². The summed E-state index contributed by atoms with van der Waals surface area (Å²) in [6, 6.07) is 5.47. The minimum absolute atomic E-state index is 0.491. The van der Waals surface area contributed by atoms with E-state index in [1.54, 1.807) is 6.07 Å². The predicted molar refractivity (Wildman–Crippen MR) is 46.1 cm³/mol. The van der Waals surface area contributed by atoms with E-state index in [0.717, 1.165) is 10.9 Å². The number of nitrogens with zero attached hydrogens (tertiary/aromatic N) is 1. The molecule has 0 saturated carbocycles. The summed E-state index contributed by atoms with van der Waals surface area (Å²) < 4.78 is 0. The first kappa shape index (κ1) is 6.95. The summed E-state index contributed by atoms with van der Waals surface area (Å²) in [5.74, 6) is 0. The van der Waals surface area contributed by atoms with Gasteiger partial charge in [-0.05, 0) is 12.1 Å². The number of hydrogen-bond acceptors (Lipinski definition) is 1.